The summed E-state index contributed by atoms with van der Waals surface area (Å²) in [5.41, 5.74) is 1.42. The molecule has 0 radical (unpaired) electrons. The highest BCUT2D eigenvalue weighted by Crippen LogP contribution is 2.31. The summed E-state index contributed by atoms with van der Waals surface area (Å²) in [5, 5.41) is 24.8. The summed E-state index contributed by atoms with van der Waals surface area (Å²) in [6.45, 7) is 0.126. The molecule has 0 aliphatic carbocycles. The molecule has 172 valence electrons. The monoisotopic (exact) mass is 467 g/mol. The Kier molecular flexibility index (Phi) is 6.79. The van der Waals surface area contributed by atoms with Crippen molar-refractivity contribution in [2.45, 2.75) is 6.61 Å². The second-order valence-corrected chi connectivity index (χ2v) is 7.54. The molecule has 7 nitrogen and oxygen atoms in total. The molecule has 4 aromatic carbocycles. The maximum Gasteiger partial charge on any atom is 0.269 e. The fraction of sp³-hybridized carbons (Fsp3) is 0.0370. The zero-order valence-electron chi connectivity index (χ0n) is 18.3. The highest BCUT2D eigenvalue weighted by Gasteiger charge is 2.14. The number of nitro benzene ring substituents is 1. The van der Waals surface area contributed by atoms with E-state index in [1.165, 1.54) is 42.5 Å². The van der Waals surface area contributed by atoms with E-state index in [9.17, 15) is 24.6 Å². The number of hydrogen-bond acceptors (Lipinski definition) is 5. The Bertz CT molecular complexity index is 1470. The quantitative estimate of drug-likeness (QED) is 0.155. The minimum absolute atomic E-state index is 0.0195. The molecule has 1 N–H and O–H groups in total. The predicted octanol–water partition coefficient (Wildman–Crippen LogP) is 6.01. The number of carbonyl (C=O) groups excluding carboxylic acids is 1. The van der Waals surface area contributed by atoms with Crippen molar-refractivity contribution in [2.75, 3.05) is 5.32 Å². The molecule has 0 aliphatic rings. The van der Waals surface area contributed by atoms with Gasteiger partial charge in [0.05, 0.1) is 4.92 Å². The van der Waals surface area contributed by atoms with Gasteiger partial charge in [0, 0.05) is 23.4 Å². The Hall–Kier alpha value is -5.03. The van der Waals surface area contributed by atoms with Gasteiger partial charge in [-0.05, 0) is 64.9 Å². The summed E-state index contributed by atoms with van der Waals surface area (Å²) in [6.07, 6.45) is 1.45. The Morgan fingerprint density at radius 2 is 1.74 bits per heavy atom. The number of non-ortho nitro benzene ring substituents is 1. The molecule has 4 rings (SSSR count). The molecule has 1 amide bonds. The lowest BCUT2D eigenvalue weighted by molar-refractivity contribution is -0.384. The van der Waals surface area contributed by atoms with Crippen LogP contribution in [0.5, 0.6) is 5.75 Å². The van der Waals surface area contributed by atoms with Crippen molar-refractivity contribution in [3.63, 3.8) is 0 Å². The summed E-state index contributed by atoms with van der Waals surface area (Å²) >= 11 is 0. The van der Waals surface area contributed by atoms with Gasteiger partial charge >= 0.3 is 0 Å². The van der Waals surface area contributed by atoms with Crippen LogP contribution in [0.3, 0.4) is 0 Å². The smallest absolute Gasteiger partial charge is 0.269 e. The molecule has 0 saturated heterocycles. The van der Waals surface area contributed by atoms with Crippen molar-refractivity contribution in [3.05, 3.63) is 118 Å². The van der Waals surface area contributed by atoms with E-state index < -0.39 is 16.6 Å². The molecule has 0 atom stereocenters. The summed E-state index contributed by atoms with van der Waals surface area (Å²) in [4.78, 5) is 23.1. The number of hydrogen-bond donors (Lipinski definition) is 1. The number of carbonyl (C=O) groups is 1. The average molecular weight is 467 g/mol. The maximum atomic E-state index is 13.2. The van der Waals surface area contributed by atoms with Crippen LogP contribution in [0.25, 0.3) is 16.8 Å². The standard InChI is InChI=1S/C27H18FN3O4/c28-21-8-10-22(11-9-21)30-27(32)20(16-29)15-25-24-4-2-1-3-19(24)7-14-26(25)35-17-18-5-12-23(13-6-18)31(33)34/h1-15H,17H2,(H,30,32)/b20-15-. The molecule has 0 aliphatic heterocycles. The molecular weight excluding hydrogens is 449 g/mol. The Balaban J connectivity index is 1.66. The van der Waals surface area contributed by atoms with Crippen LogP contribution in [-0.2, 0) is 11.4 Å². The Labute approximate surface area is 199 Å². The van der Waals surface area contributed by atoms with Gasteiger partial charge in [0.1, 0.15) is 29.8 Å². The van der Waals surface area contributed by atoms with Crippen LogP contribution >= 0.6 is 0 Å². The lowest BCUT2D eigenvalue weighted by Gasteiger charge is -2.13. The first-order chi connectivity index (χ1) is 16.9. The normalized spacial score (nSPS) is 11.0. The number of benzene rings is 4. The van der Waals surface area contributed by atoms with Crippen LogP contribution < -0.4 is 10.1 Å². The van der Waals surface area contributed by atoms with Crippen molar-refractivity contribution in [3.8, 4) is 11.8 Å². The van der Waals surface area contributed by atoms with Crippen LogP contribution in [0.4, 0.5) is 15.8 Å². The first-order valence-electron chi connectivity index (χ1n) is 10.5. The molecule has 4 aromatic rings. The third-order valence-corrected chi connectivity index (χ3v) is 5.23. The van der Waals surface area contributed by atoms with E-state index in [4.69, 9.17) is 4.74 Å². The summed E-state index contributed by atoms with van der Waals surface area (Å²) in [5.74, 6) is -0.651. The molecule has 0 unspecified atom stereocenters. The van der Waals surface area contributed by atoms with E-state index in [1.807, 2.05) is 36.4 Å². The number of anilines is 1. The maximum absolute atomic E-state index is 13.2. The van der Waals surface area contributed by atoms with Crippen LogP contribution in [0.1, 0.15) is 11.1 Å². The van der Waals surface area contributed by atoms with Gasteiger partial charge in [-0.15, -0.1) is 0 Å². The van der Waals surface area contributed by atoms with Gasteiger partial charge in [-0.25, -0.2) is 4.39 Å². The van der Waals surface area contributed by atoms with Crippen molar-refractivity contribution in [1.29, 1.82) is 5.26 Å². The van der Waals surface area contributed by atoms with Gasteiger partial charge in [0.25, 0.3) is 11.6 Å². The molecule has 0 heterocycles. The van der Waals surface area contributed by atoms with E-state index >= 15 is 0 Å². The van der Waals surface area contributed by atoms with Crippen LogP contribution in [0, 0.1) is 27.3 Å². The van der Waals surface area contributed by atoms with Crippen molar-refractivity contribution >= 4 is 34.1 Å². The molecule has 0 aromatic heterocycles. The van der Waals surface area contributed by atoms with Crippen molar-refractivity contribution in [2.24, 2.45) is 0 Å². The van der Waals surface area contributed by atoms with Gasteiger partial charge in [0.15, 0.2) is 0 Å². The van der Waals surface area contributed by atoms with Crippen LogP contribution in [-0.4, -0.2) is 10.8 Å². The number of nitrogens with one attached hydrogen (secondary N) is 1. The van der Waals surface area contributed by atoms with E-state index in [0.717, 1.165) is 10.8 Å². The Morgan fingerprint density at radius 3 is 2.43 bits per heavy atom. The molecule has 0 bridgehead atoms. The largest absolute Gasteiger partial charge is 0.488 e. The SMILES string of the molecule is N#C/C(=C/c1c(OCc2ccc([N+](=O)[O-])cc2)ccc2ccccc12)C(=O)Nc1ccc(F)cc1. The second-order valence-electron chi connectivity index (χ2n) is 7.54. The zero-order valence-corrected chi connectivity index (χ0v) is 18.3. The van der Waals surface area contributed by atoms with Gasteiger partial charge in [-0.3, -0.25) is 14.9 Å². The van der Waals surface area contributed by atoms with Gasteiger partial charge < -0.3 is 10.1 Å². The van der Waals surface area contributed by atoms with Crippen molar-refractivity contribution < 1.29 is 18.8 Å². The number of halogens is 1. The number of fused-ring (bicyclic) bond motifs is 1. The molecule has 0 spiro atoms. The Morgan fingerprint density at radius 1 is 1.03 bits per heavy atom. The summed E-state index contributed by atoms with van der Waals surface area (Å²) < 4.78 is 19.2. The number of nitrogens with zero attached hydrogens (tertiary/aromatic N) is 2. The minimum atomic E-state index is -0.645. The highest BCUT2D eigenvalue weighted by atomic mass is 19.1. The fourth-order valence-electron chi connectivity index (χ4n) is 3.45. The third kappa shape index (κ3) is 5.49. The molecule has 8 heteroatoms. The van der Waals surface area contributed by atoms with E-state index in [1.54, 1.807) is 18.2 Å². The first-order valence-corrected chi connectivity index (χ1v) is 10.5. The van der Waals surface area contributed by atoms with Crippen LogP contribution in [0.15, 0.2) is 90.5 Å². The molecule has 0 saturated carbocycles. The number of amides is 1. The molecule has 35 heavy (non-hydrogen) atoms. The number of nitriles is 1. The number of rotatable bonds is 7. The summed E-state index contributed by atoms with van der Waals surface area (Å²) in [6, 6.07) is 24.2. The van der Waals surface area contributed by atoms with Crippen LogP contribution in [0.2, 0.25) is 0 Å². The third-order valence-electron chi connectivity index (χ3n) is 5.23. The average Bonchev–Trinajstić information content (AvgIpc) is 2.87. The van der Waals surface area contributed by atoms with E-state index in [2.05, 4.69) is 5.32 Å². The molecule has 0 fully saturated rings. The lowest BCUT2D eigenvalue weighted by atomic mass is 10.0. The molecular formula is C27H18FN3O4. The zero-order chi connectivity index (χ0) is 24.8. The van der Waals surface area contributed by atoms with E-state index in [-0.39, 0.29) is 17.9 Å². The van der Waals surface area contributed by atoms with Gasteiger partial charge in [-0.1, -0.05) is 30.3 Å². The van der Waals surface area contributed by atoms with Crippen molar-refractivity contribution in [1.82, 2.24) is 0 Å². The van der Waals surface area contributed by atoms with Gasteiger partial charge in [-0.2, -0.15) is 5.26 Å². The highest BCUT2D eigenvalue weighted by molar-refractivity contribution is 6.11. The fourth-order valence-corrected chi connectivity index (χ4v) is 3.45. The minimum Gasteiger partial charge on any atom is -0.488 e. The number of nitro groups is 1. The predicted molar refractivity (Wildman–Crippen MR) is 130 cm³/mol. The first kappa shape index (κ1) is 23.1. The summed E-state index contributed by atoms with van der Waals surface area (Å²) in [7, 11) is 0. The second kappa shape index (κ2) is 10.3. The van der Waals surface area contributed by atoms with Gasteiger partial charge in [0.2, 0.25) is 0 Å². The topological polar surface area (TPSA) is 105 Å². The number of ether oxygens (including phenoxy) is 1. The lowest BCUT2D eigenvalue weighted by Crippen LogP contribution is -2.13. The van der Waals surface area contributed by atoms with E-state index in [0.29, 0.717) is 22.6 Å².